The van der Waals surface area contributed by atoms with Gasteiger partial charge in [-0.05, 0) is 29.8 Å². The number of hydrogen-bond acceptors (Lipinski definition) is 2. The van der Waals surface area contributed by atoms with Crippen LogP contribution in [-0.2, 0) is 0 Å². The van der Waals surface area contributed by atoms with E-state index in [1.807, 2.05) is 36.4 Å². The summed E-state index contributed by atoms with van der Waals surface area (Å²) in [6.07, 6.45) is 0.882. The van der Waals surface area contributed by atoms with Crippen molar-refractivity contribution in [1.29, 1.82) is 0 Å². The third-order valence-electron chi connectivity index (χ3n) is 1.87. The van der Waals surface area contributed by atoms with Crippen LogP contribution in [0.25, 0.3) is 10.4 Å². The lowest BCUT2D eigenvalue weighted by Gasteiger charge is -1.96. The van der Waals surface area contributed by atoms with Crippen LogP contribution in [0.15, 0.2) is 40.9 Å². The minimum Gasteiger partial charge on any atom is -0.297 e. The van der Waals surface area contributed by atoms with E-state index in [4.69, 9.17) is 0 Å². The van der Waals surface area contributed by atoms with E-state index in [-0.39, 0.29) is 0 Å². The summed E-state index contributed by atoms with van der Waals surface area (Å²) in [5.74, 6) is 0. The molecule has 0 spiro atoms. The highest BCUT2D eigenvalue weighted by Gasteiger charge is 2.01. The Morgan fingerprint density at radius 3 is 2.36 bits per heavy atom. The zero-order valence-corrected chi connectivity index (χ0v) is 9.64. The normalized spacial score (nSPS) is 10.1. The van der Waals surface area contributed by atoms with Crippen molar-refractivity contribution < 1.29 is 4.79 Å². The van der Waals surface area contributed by atoms with Gasteiger partial charge in [-0.2, -0.15) is 0 Å². The van der Waals surface area contributed by atoms with Crippen molar-refractivity contribution in [3.05, 3.63) is 45.7 Å². The maximum absolute atomic E-state index is 10.5. The minimum absolute atomic E-state index is 0.767. The molecule has 0 aliphatic rings. The van der Waals surface area contributed by atoms with E-state index in [2.05, 4.69) is 15.9 Å². The molecule has 0 atom stereocenters. The molecule has 1 nitrogen and oxygen atoms in total. The van der Waals surface area contributed by atoms with Crippen LogP contribution in [0.5, 0.6) is 0 Å². The predicted molar refractivity (Wildman–Crippen MR) is 62.8 cm³/mol. The van der Waals surface area contributed by atoms with Gasteiger partial charge in [0.05, 0.1) is 4.88 Å². The van der Waals surface area contributed by atoms with Gasteiger partial charge in [0.15, 0.2) is 6.29 Å². The zero-order valence-electron chi connectivity index (χ0n) is 7.24. The second kappa shape index (κ2) is 4.07. The fraction of sp³-hybridized carbons (Fsp3) is 0. The Hall–Kier alpha value is -0.930. The van der Waals surface area contributed by atoms with Gasteiger partial charge in [-0.15, -0.1) is 11.3 Å². The van der Waals surface area contributed by atoms with Gasteiger partial charge in [-0.3, -0.25) is 4.79 Å². The highest BCUT2D eigenvalue weighted by atomic mass is 79.9. The molecule has 0 saturated carbocycles. The molecule has 0 N–H and O–H groups in total. The molecular formula is C11H7BrOS. The fourth-order valence-electron chi connectivity index (χ4n) is 1.19. The van der Waals surface area contributed by atoms with Crippen LogP contribution < -0.4 is 0 Å². The first kappa shape index (κ1) is 9.62. The van der Waals surface area contributed by atoms with Gasteiger partial charge in [0.1, 0.15) is 0 Å². The Balaban J connectivity index is 2.39. The molecule has 0 radical (unpaired) electrons. The van der Waals surface area contributed by atoms with Crippen LogP contribution in [0, 0.1) is 0 Å². The van der Waals surface area contributed by atoms with Crippen LogP contribution in [0.3, 0.4) is 0 Å². The minimum atomic E-state index is 0.767. The standard InChI is InChI=1S/C11H7BrOS/c12-9-3-1-8(2-4-9)11-6-5-10(7-13)14-11/h1-7H. The van der Waals surface area contributed by atoms with Crippen molar-refractivity contribution in [3.63, 3.8) is 0 Å². The summed E-state index contributed by atoms with van der Waals surface area (Å²) in [7, 11) is 0. The number of benzene rings is 1. The van der Waals surface area contributed by atoms with E-state index in [9.17, 15) is 4.79 Å². The number of halogens is 1. The Morgan fingerprint density at radius 2 is 1.79 bits per heavy atom. The van der Waals surface area contributed by atoms with E-state index in [1.165, 1.54) is 11.3 Å². The molecule has 14 heavy (non-hydrogen) atoms. The van der Waals surface area contributed by atoms with Crippen molar-refractivity contribution in [2.75, 3.05) is 0 Å². The first-order chi connectivity index (χ1) is 6.79. The van der Waals surface area contributed by atoms with E-state index < -0.39 is 0 Å². The quantitative estimate of drug-likeness (QED) is 0.752. The molecule has 1 aromatic heterocycles. The lowest BCUT2D eigenvalue weighted by Crippen LogP contribution is -1.70. The SMILES string of the molecule is O=Cc1ccc(-c2ccc(Br)cc2)s1. The molecule has 1 heterocycles. The molecule has 70 valence electrons. The summed E-state index contributed by atoms with van der Waals surface area (Å²) in [4.78, 5) is 12.4. The summed E-state index contributed by atoms with van der Waals surface area (Å²) in [5, 5.41) is 0. The van der Waals surface area contributed by atoms with Crippen molar-refractivity contribution >= 4 is 33.6 Å². The molecule has 0 bridgehead atoms. The molecule has 2 aromatic rings. The summed E-state index contributed by atoms with van der Waals surface area (Å²) in [5.41, 5.74) is 1.14. The molecule has 1 aromatic carbocycles. The first-order valence-electron chi connectivity index (χ1n) is 4.10. The van der Waals surface area contributed by atoms with Crippen LogP contribution in [0.4, 0.5) is 0 Å². The zero-order chi connectivity index (χ0) is 9.97. The molecule has 0 aliphatic heterocycles. The number of carbonyl (C=O) groups excluding carboxylic acids is 1. The van der Waals surface area contributed by atoms with Crippen molar-refractivity contribution in [1.82, 2.24) is 0 Å². The van der Waals surface area contributed by atoms with E-state index in [0.29, 0.717) is 0 Å². The molecule has 0 unspecified atom stereocenters. The van der Waals surface area contributed by atoms with E-state index >= 15 is 0 Å². The maximum atomic E-state index is 10.5. The number of hydrogen-bond donors (Lipinski definition) is 0. The summed E-state index contributed by atoms with van der Waals surface area (Å²) in [6.45, 7) is 0. The van der Waals surface area contributed by atoms with Crippen molar-refractivity contribution in [3.8, 4) is 10.4 Å². The Bertz CT molecular complexity index is 445. The van der Waals surface area contributed by atoms with Gasteiger partial charge in [0.25, 0.3) is 0 Å². The summed E-state index contributed by atoms with van der Waals surface area (Å²) < 4.78 is 1.06. The third kappa shape index (κ3) is 1.94. The van der Waals surface area contributed by atoms with Crippen molar-refractivity contribution in [2.24, 2.45) is 0 Å². The predicted octanol–water partition coefficient (Wildman–Crippen LogP) is 3.99. The molecule has 3 heteroatoms. The average Bonchev–Trinajstić information content (AvgIpc) is 2.67. The maximum Gasteiger partial charge on any atom is 0.160 e. The van der Waals surface area contributed by atoms with E-state index in [0.717, 1.165) is 26.1 Å². The van der Waals surface area contributed by atoms with E-state index in [1.54, 1.807) is 0 Å². The second-order valence-corrected chi connectivity index (χ2v) is 4.86. The summed E-state index contributed by atoms with van der Waals surface area (Å²) in [6, 6.07) is 11.9. The Kier molecular flexibility index (Phi) is 2.79. The smallest absolute Gasteiger partial charge is 0.160 e. The molecule has 0 saturated heterocycles. The van der Waals surface area contributed by atoms with Crippen LogP contribution in [0.1, 0.15) is 9.67 Å². The molecule has 2 rings (SSSR count). The number of aldehydes is 1. The van der Waals surface area contributed by atoms with Gasteiger partial charge >= 0.3 is 0 Å². The lowest BCUT2D eigenvalue weighted by molar-refractivity contribution is 0.112. The van der Waals surface area contributed by atoms with Gasteiger partial charge in [0.2, 0.25) is 0 Å². The van der Waals surface area contributed by atoms with Crippen LogP contribution >= 0.6 is 27.3 Å². The molecule has 0 amide bonds. The van der Waals surface area contributed by atoms with Gasteiger partial charge in [-0.1, -0.05) is 28.1 Å². The third-order valence-corrected chi connectivity index (χ3v) is 3.46. The van der Waals surface area contributed by atoms with Gasteiger partial charge < -0.3 is 0 Å². The molecule has 0 fully saturated rings. The summed E-state index contributed by atoms with van der Waals surface area (Å²) >= 11 is 4.89. The van der Waals surface area contributed by atoms with Crippen LogP contribution in [0.2, 0.25) is 0 Å². The largest absolute Gasteiger partial charge is 0.297 e. The molecular weight excluding hydrogens is 260 g/mol. The topological polar surface area (TPSA) is 17.1 Å². The van der Waals surface area contributed by atoms with Crippen molar-refractivity contribution in [2.45, 2.75) is 0 Å². The fourth-order valence-corrected chi connectivity index (χ4v) is 2.28. The highest BCUT2D eigenvalue weighted by Crippen LogP contribution is 2.28. The number of rotatable bonds is 2. The first-order valence-corrected chi connectivity index (χ1v) is 5.71. The van der Waals surface area contributed by atoms with Gasteiger partial charge in [0, 0.05) is 9.35 Å². The van der Waals surface area contributed by atoms with Crippen LogP contribution in [-0.4, -0.2) is 6.29 Å². The Morgan fingerprint density at radius 1 is 1.07 bits per heavy atom. The average molecular weight is 267 g/mol. The van der Waals surface area contributed by atoms with Gasteiger partial charge in [-0.25, -0.2) is 0 Å². The second-order valence-electron chi connectivity index (χ2n) is 2.83. The number of carbonyl (C=O) groups is 1. The molecule has 0 aliphatic carbocycles. The highest BCUT2D eigenvalue weighted by molar-refractivity contribution is 9.10. The lowest BCUT2D eigenvalue weighted by atomic mass is 10.2. The Labute approximate surface area is 94.5 Å². The number of thiophene rings is 1. The monoisotopic (exact) mass is 266 g/mol.